The first-order chi connectivity index (χ1) is 16.8. The predicted molar refractivity (Wildman–Crippen MR) is 135 cm³/mol. The maximum absolute atomic E-state index is 4.93. The lowest BCUT2D eigenvalue weighted by Crippen LogP contribution is -2.15. The molecule has 0 amide bonds. The number of hydrogen-bond donors (Lipinski definition) is 1. The molecule has 0 aliphatic heterocycles. The van der Waals surface area contributed by atoms with Crippen LogP contribution in [-0.2, 0) is 0 Å². The molecule has 0 atom stereocenters. The van der Waals surface area contributed by atoms with Gasteiger partial charge >= 0.3 is 0 Å². The van der Waals surface area contributed by atoms with Gasteiger partial charge in [-0.1, -0.05) is 72.8 Å². The zero-order valence-electron chi connectivity index (χ0n) is 18.4. The van der Waals surface area contributed by atoms with Crippen LogP contribution in [0.15, 0.2) is 110 Å². The first-order valence-electron chi connectivity index (χ1n) is 11.2. The minimum absolute atomic E-state index is 0.184. The third-order valence-electron chi connectivity index (χ3n) is 5.98. The van der Waals surface area contributed by atoms with E-state index in [1.54, 1.807) is 12.4 Å². The van der Waals surface area contributed by atoms with Crippen molar-refractivity contribution in [3.63, 3.8) is 0 Å². The van der Waals surface area contributed by atoms with Gasteiger partial charge in [-0.2, -0.15) is 0 Å². The standard InChI is InChI=1S/C28H22N6/c1-3-9-20(10-4-1)24(21-11-5-2-6-12-21)18-30-27-23-13-7-8-14-25(23)32-26(33-27)22-17-31-28-29-15-16-34(28)19-22/h1-17,19,24H,18H2,(H,30,32,33). The van der Waals surface area contributed by atoms with E-state index in [0.29, 0.717) is 18.1 Å². The third-order valence-corrected chi connectivity index (χ3v) is 5.98. The SMILES string of the molecule is c1ccc(C(CNc2nc(-c3cnc4nccn4c3)nc3ccccc23)c2ccccc2)cc1. The van der Waals surface area contributed by atoms with Gasteiger partial charge in [0, 0.05) is 42.6 Å². The lowest BCUT2D eigenvalue weighted by Gasteiger charge is -2.20. The van der Waals surface area contributed by atoms with E-state index in [4.69, 9.17) is 9.97 Å². The average molecular weight is 443 g/mol. The highest BCUT2D eigenvalue weighted by molar-refractivity contribution is 5.90. The molecule has 0 aliphatic carbocycles. The second kappa shape index (κ2) is 8.75. The lowest BCUT2D eigenvalue weighted by molar-refractivity contribution is 0.849. The molecule has 6 nitrogen and oxygen atoms in total. The highest BCUT2D eigenvalue weighted by Crippen LogP contribution is 2.28. The van der Waals surface area contributed by atoms with Crippen molar-refractivity contribution < 1.29 is 0 Å². The molecule has 6 heteroatoms. The summed E-state index contributed by atoms with van der Waals surface area (Å²) in [6.45, 7) is 0.702. The summed E-state index contributed by atoms with van der Waals surface area (Å²) in [5.41, 5.74) is 4.24. The quantitative estimate of drug-likeness (QED) is 0.365. The maximum atomic E-state index is 4.93. The Kier molecular flexibility index (Phi) is 5.16. The number of hydrogen-bond acceptors (Lipinski definition) is 5. The summed E-state index contributed by atoms with van der Waals surface area (Å²) < 4.78 is 1.88. The van der Waals surface area contributed by atoms with Crippen molar-refractivity contribution in [2.45, 2.75) is 5.92 Å². The molecule has 6 rings (SSSR count). The number of nitrogens with zero attached hydrogens (tertiary/aromatic N) is 5. The molecule has 3 heterocycles. The van der Waals surface area contributed by atoms with Gasteiger partial charge in [0.15, 0.2) is 5.82 Å². The van der Waals surface area contributed by atoms with Crippen molar-refractivity contribution in [3.8, 4) is 11.4 Å². The van der Waals surface area contributed by atoms with Crippen molar-refractivity contribution >= 4 is 22.5 Å². The van der Waals surface area contributed by atoms with Gasteiger partial charge in [0.05, 0.1) is 11.1 Å². The molecule has 0 radical (unpaired) electrons. The van der Waals surface area contributed by atoms with Crippen LogP contribution in [0.5, 0.6) is 0 Å². The van der Waals surface area contributed by atoms with E-state index in [0.717, 1.165) is 22.3 Å². The van der Waals surface area contributed by atoms with Gasteiger partial charge in [0.2, 0.25) is 5.78 Å². The first kappa shape index (κ1) is 20.1. The number of nitrogens with one attached hydrogen (secondary N) is 1. The van der Waals surface area contributed by atoms with Crippen molar-refractivity contribution in [2.24, 2.45) is 0 Å². The Morgan fingerprint density at radius 2 is 1.47 bits per heavy atom. The molecular weight excluding hydrogens is 420 g/mol. The molecule has 0 saturated heterocycles. The second-order valence-electron chi connectivity index (χ2n) is 8.14. The predicted octanol–water partition coefficient (Wildman–Crippen LogP) is 5.58. The van der Waals surface area contributed by atoms with E-state index >= 15 is 0 Å². The van der Waals surface area contributed by atoms with E-state index in [2.05, 4.69) is 69.9 Å². The summed E-state index contributed by atoms with van der Waals surface area (Å²) in [4.78, 5) is 18.4. The van der Waals surface area contributed by atoms with Crippen LogP contribution in [0.1, 0.15) is 17.0 Å². The highest BCUT2D eigenvalue weighted by Gasteiger charge is 2.16. The van der Waals surface area contributed by atoms with Gasteiger partial charge in [-0.3, -0.25) is 4.40 Å². The smallest absolute Gasteiger partial charge is 0.233 e. The summed E-state index contributed by atoms with van der Waals surface area (Å²) >= 11 is 0. The molecule has 0 fully saturated rings. The highest BCUT2D eigenvalue weighted by atomic mass is 15.1. The molecule has 0 unspecified atom stereocenters. The summed E-state index contributed by atoms with van der Waals surface area (Å²) in [6, 6.07) is 29.2. The van der Waals surface area contributed by atoms with Crippen molar-refractivity contribution in [1.82, 2.24) is 24.3 Å². The number of para-hydroxylation sites is 1. The average Bonchev–Trinajstić information content (AvgIpc) is 3.38. The summed E-state index contributed by atoms with van der Waals surface area (Å²) in [6.07, 6.45) is 7.33. The molecule has 1 N–H and O–H groups in total. The van der Waals surface area contributed by atoms with E-state index in [9.17, 15) is 0 Å². The fourth-order valence-corrected chi connectivity index (χ4v) is 4.27. The minimum Gasteiger partial charge on any atom is -0.368 e. The topological polar surface area (TPSA) is 68.0 Å². The number of benzene rings is 3. The van der Waals surface area contributed by atoms with Crippen LogP contribution in [0.25, 0.3) is 28.1 Å². The molecule has 164 valence electrons. The minimum atomic E-state index is 0.184. The molecular formula is C28H22N6. The summed E-state index contributed by atoms with van der Waals surface area (Å²) in [7, 11) is 0. The van der Waals surface area contributed by atoms with Crippen LogP contribution in [0, 0.1) is 0 Å². The molecule has 0 aliphatic rings. The van der Waals surface area contributed by atoms with E-state index in [1.165, 1.54) is 11.1 Å². The van der Waals surface area contributed by atoms with E-state index in [1.807, 2.05) is 47.1 Å². The van der Waals surface area contributed by atoms with Gasteiger partial charge < -0.3 is 5.32 Å². The Hall–Kier alpha value is -4.58. The van der Waals surface area contributed by atoms with Crippen molar-refractivity contribution in [2.75, 3.05) is 11.9 Å². The van der Waals surface area contributed by atoms with Crippen LogP contribution < -0.4 is 5.32 Å². The zero-order valence-corrected chi connectivity index (χ0v) is 18.4. The molecule has 0 bridgehead atoms. The van der Waals surface area contributed by atoms with Gasteiger partial charge in [-0.05, 0) is 23.3 Å². The Morgan fingerprint density at radius 1 is 0.765 bits per heavy atom. The fourth-order valence-electron chi connectivity index (χ4n) is 4.27. The zero-order chi connectivity index (χ0) is 22.7. The normalized spacial score (nSPS) is 11.3. The Balaban J connectivity index is 1.40. The van der Waals surface area contributed by atoms with Gasteiger partial charge in [-0.25, -0.2) is 19.9 Å². The lowest BCUT2D eigenvalue weighted by atomic mass is 9.91. The molecule has 34 heavy (non-hydrogen) atoms. The number of anilines is 1. The number of aromatic nitrogens is 5. The van der Waals surface area contributed by atoms with Crippen molar-refractivity contribution in [3.05, 3.63) is 121 Å². The molecule has 0 saturated carbocycles. The van der Waals surface area contributed by atoms with Crippen LogP contribution >= 0.6 is 0 Å². The number of fused-ring (bicyclic) bond motifs is 2. The summed E-state index contributed by atoms with van der Waals surface area (Å²) in [5.74, 6) is 2.27. The van der Waals surface area contributed by atoms with Gasteiger partial charge in [-0.15, -0.1) is 0 Å². The Bertz CT molecular complexity index is 1520. The van der Waals surface area contributed by atoms with Gasteiger partial charge in [0.1, 0.15) is 5.82 Å². The number of imidazole rings is 1. The van der Waals surface area contributed by atoms with Crippen LogP contribution in [0.4, 0.5) is 5.82 Å². The van der Waals surface area contributed by atoms with Gasteiger partial charge in [0.25, 0.3) is 0 Å². The third kappa shape index (κ3) is 3.86. The van der Waals surface area contributed by atoms with Crippen molar-refractivity contribution in [1.29, 1.82) is 0 Å². The van der Waals surface area contributed by atoms with Crippen LogP contribution in [0.2, 0.25) is 0 Å². The van der Waals surface area contributed by atoms with E-state index in [-0.39, 0.29) is 5.92 Å². The molecule has 3 aromatic heterocycles. The maximum Gasteiger partial charge on any atom is 0.233 e. The Labute approximate surface area is 197 Å². The van der Waals surface area contributed by atoms with Crippen LogP contribution in [-0.4, -0.2) is 30.9 Å². The first-order valence-corrected chi connectivity index (χ1v) is 11.2. The van der Waals surface area contributed by atoms with Crippen LogP contribution in [0.3, 0.4) is 0 Å². The summed E-state index contributed by atoms with van der Waals surface area (Å²) in [5, 5.41) is 4.63. The monoisotopic (exact) mass is 442 g/mol. The number of rotatable bonds is 6. The molecule has 3 aromatic carbocycles. The Morgan fingerprint density at radius 3 is 2.24 bits per heavy atom. The molecule has 0 spiro atoms. The largest absolute Gasteiger partial charge is 0.368 e. The second-order valence-corrected chi connectivity index (χ2v) is 8.14. The van der Waals surface area contributed by atoms with E-state index < -0.39 is 0 Å². The fraction of sp³-hybridized carbons (Fsp3) is 0.0714. The molecule has 6 aromatic rings.